The summed E-state index contributed by atoms with van der Waals surface area (Å²) in [7, 11) is 0. The summed E-state index contributed by atoms with van der Waals surface area (Å²) in [6, 6.07) is 42.0. The van der Waals surface area contributed by atoms with E-state index in [0.29, 0.717) is 11.4 Å². The van der Waals surface area contributed by atoms with E-state index < -0.39 is 0 Å². The number of benzene rings is 5. The van der Waals surface area contributed by atoms with Crippen LogP contribution in [0.1, 0.15) is 0 Å². The molecule has 3 heterocycles. The Morgan fingerprint density at radius 1 is 0.634 bits per heavy atom. The molecule has 0 aliphatic rings. The summed E-state index contributed by atoms with van der Waals surface area (Å²) < 4.78 is 8.61. The van der Waals surface area contributed by atoms with Crippen molar-refractivity contribution in [3.05, 3.63) is 134 Å². The Kier molecular flexibility index (Phi) is 5.22. The Hall–Kier alpha value is -5.68. The molecule has 5 aromatic carbocycles. The smallest absolute Gasteiger partial charge is 0.149 e. The second kappa shape index (κ2) is 9.21. The van der Waals surface area contributed by atoms with Crippen LogP contribution in [0.2, 0.25) is 0 Å². The summed E-state index contributed by atoms with van der Waals surface area (Å²) >= 11 is 0. The van der Waals surface area contributed by atoms with Crippen molar-refractivity contribution in [3.8, 4) is 45.2 Å². The third kappa shape index (κ3) is 3.71. The molecule has 0 aliphatic carbocycles. The maximum absolute atomic E-state index is 10.9. The molecule has 5 nitrogen and oxygen atoms in total. The van der Waals surface area contributed by atoms with Crippen molar-refractivity contribution in [3.63, 3.8) is 0 Å². The Bertz CT molecular complexity index is 2210. The molecule has 8 rings (SSSR count). The number of imidazole rings is 1. The van der Waals surface area contributed by atoms with Crippen LogP contribution < -0.4 is 0 Å². The summed E-state index contributed by atoms with van der Waals surface area (Å²) in [5.74, 6) is 0.844. The molecular weight excluding hydrogens is 506 g/mol. The van der Waals surface area contributed by atoms with Crippen LogP contribution in [0, 0.1) is 0 Å². The SMILES string of the molecule is Oc1ccccc1-c1nc2c(-c3cc(-c4ccccn4)cc4c3oc3ccccc34)cccc2n1-c1ccccc1. The first kappa shape index (κ1) is 23.2. The van der Waals surface area contributed by atoms with Crippen LogP contribution in [0.5, 0.6) is 5.75 Å². The zero-order valence-corrected chi connectivity index (χ0v) is 21.9. The number of pyridine rings is 1. The van der Waals surface area contributed by atoms with E-state index in [2.05, 4.69) is 58.1 Å². The number of nitrogens with zero attached hydrogens (tertiary/aromatic N) is 3. The zero-order chi connectivity index (χ0) is 27.3. The highest BCUT2D eigenvalue weighted by atomic mass is 16.3. The highest BCUT2D eigenvalue weighted by Crippen LogP contribution is 2.42. The molecule has 41 heavy (non-hydrogen) atoms. The van der Waals surface area contributed by atoms with Gasteiger partial charge in [0, 0.05) is 39.3 Å². The van der Waals surface area contributed by atoms with Crippen LogP contribution in [0.15, 0.2) is 138 Å². The molecule has 0 saturated carbocycles. The number of hydrogen-bond acceptors (Lipinski definition) is 4. The first-order valence-electron chi connectivity index (χ1n) is 13.5. The summed E-state index contributed by atoms with van der Waals surface area (Å²) in [6.45, 7) is 0. The molecule has 3 aromatic heterocycles. The molecule has 0 radical (unpaired) electrons. The lowest BCUT2D eigenvalue weighted by Gasteiger charge is -2.11. The highest BCUT2D eigenvalue weighted by Gasteiger charge is 2.22. The van der Waals surface area contributed by atoms with Crippen molar-refractivity contribution in [2.75, 3.05) is 0 Å². The number of fused-ring (bicyclic) bond motifs is 4. The van der Waals surface area contributed by atoms with E-state index in [1.165, 1.54) is 0 Å². The van der Waals surface area contributed by atoms with E-state index in [9.17, 15) is 5.11 Å². The minimum Gasteiger partial charge on any atom is -0.507 e. The molecule has 0 saturated heterocycles. The molecule has 0 unspecified atom stereocenters. The Balaban J connectivity index is 1.48. The molecule has 5 heteroatoms. The molecule has 0 fully saturated rings. The minimum absolute atomic E-state index is 0.179. The highest BCUT2D eigenvalue weighted by molar-refractivity contribution is 6.13. The monoisotopic (exact) mass is 529 g/mol. The first-order valence-corrected chi connectivity index (χ1v) is 13.5. The summed E-state index contributed by atoms with van der Waals surface area (Å²) in [4.78, 5) is 9.85. The lowest BCUT2D eigenvalue weighted by Crippen LogP contribution is -1.97. The van der Waals surface area contributed by atoms with E-state index >= 15 is 0 Å². The maximum Gasteiger partial charge on any atom is 0.149 e. The van der Waals surface area contributed by atoms with Gasteiger partial charge < -0.3 is 9.52 Å². The van der Waals surface area contributed by atoms with Crippen molar-refractivity contribution in [2.24, 2.45) is 0 Å². The van der Waals surface area contributed by atoms with Crippen LogP contribution in [-0.4, -0.2) is 19.6 Å². The fourth-order valence-corrected chi connectivity index (χ4v) is 5.71. The Morgan fingerprint density at radius 3 is 2.27 bits per heavy atom. The molecule has 194 valence electrons. The Labute approximate surface area is 235 Å². The number of phenolic OH excluding ortho intramolecular Hbond substituents is 1. The van der Waals surface area contributed by atoms with Crippen molar-refractivity contribution in [1.82, 2.24) is 14.5 Å². The number of hydrogen-bond donors (Lipinski definition) is 1. The number of aromatic hydroxyl groups is 1. The molecule has 0 spiro atoms. The van der Waals surface area contributed by atoms with Crippen molar-refractivity contribution in [2.45, 2.75) is 0 Å². The van der Waals surface area contributed by atoms with Gasteiger partial charge in [-0.3, -0.25) is 9.55 Å². The van der Waals surface area contributed by atoms with Gasteiger partial charge in [0.2, 0.25) is 0 Å². The van der Waals surface area contributed by atoms with Gasteiger partial charge in [-0.25, -0.2) is 4.98 Å². The second-order valence-electron chi connectivity index (χ2n) is 10.0. The van der Waals surface area contributed by atoms with Crippen molar-refractivity contribution >= 4 is 33.0 Å². The van der Waals surface area contributed by atoms with Gasteiger partial charge in [-0.05, 0) is 60.7 Å². The molecular formula is C36H23N3O2. The topological polar surface area (TPSA) is 64.1 Å². The lowest BCUT2D eigenvalue weighted by molar-refractivity contribution is 0.477. The van der Waals surface area contributed by atoms with Gasteiger partial charge in [0.15, 0.2) is 0 Å². The largest absolute Gasteiger partial charge is 0.507 e. The van der Waals surface area contributed by atoms with E-state index in [1.807, 2.05) is 79.0 Å². The van der Waals surface area contributed by atoms with Crippen LogP contribution >= 0.6 is 0 Å². The third-order valence-corrected chi connectivity index (χ3v) is 7.57. The van der Waals surface area contributed by atoms with Gasteiger partial charge in [-0.15, -0.1) is 0 Å². The van der Waals surface area contributed by atoms with E-state index in [4.69, 9.17) is 9.40 Å². The summed E-state index contributed by atoms with van der Waals surface area (Å²) in [6.07, 6.45) is 1.81. The van der Waals surface area contributed by atoms with E-state index in [0.717, 1.165) is 61.0 Å². The number of rotatable bonds is 4. The maximum atomic E-state index is 10.9. The minimum atomic E-state index is 0.179. The predicted octanol–water partition coefficient (Wildman–Crippen LogP) is 9.03. The molecule has 0 atom stereocenters. The quantitative estimate of drug-likeness (QED) is 0.247. The second-order valence-corrected chi connectivity index (χ2v) is 10.0. The molecule has 0 bridgehead atoms. The number of furan rings is 1. The average Bonchev–Trinajstić information content (AvgIpc) is 3.61. The third-order valence-electron chi connectivity index (χ3n) is 7.57. The van der Waals surface area contributed by atoms with Crippen molar-refractivity contribution < 1.29 is 9.52 Å². The molecule has 0 aliphatic heterocycles. The normalized spacial score (nSPS) is 11.5. The van der Waals surface area contributed by atoms with Crippen LogP contribution in [0.4, 0.5) is 0 Å². The molecule has 0 amide bonds. The summed E-state index contributed by atoms with van der Waals surface area (Å²) in [5, 5.41) is 12.9. The molecule has 8 aromatic rings. The van der Waals surface area contributed by atoms with Gasteiger partial charge >= 0.3 is 0 Å². The van der Waals surface area contributed by atoms with Gasteiger partial charge in [0.25, 0.3) is 0 Å². The van der Waals surface area contributed by atoms with Gasteiger partial charge in [0.05, 0.1) is 22.3 Å². The van der Waals surface area contributed by atoms with Crippen molar-refractivity contribution in [1.29, 1.82) is 0 Å². The standard InChI is InChI=1S/C36H23N3O2/c40-32-18-6-4-14-27(32)36-38-34-26(15-10-17-31(34)39(36)24-11-2-1-3-12-24)29-22-23(30-16-8-9-20-37-30)21-28-25-13-5-7-19-33(25)41-35(28)29/h1-22,40H. The van der Waals surface area contributed by atoms with Crippen LogP contribution in [-0.2, 0) is 0 Å². The molecule has 1 N–H and O–H groups in total. The zero-order valence-electron chi connectivity index (χ0n) is 21.9. The average molecular weight is 530 g/mol. The summed E-state index contributed by atoms with van der Waals surface area (Å²) in [5.41, 5.74) is 8.76. The number of phenols is 1. The lowest BCUT2D eigenvalue weighted by atomic mass is 9.96. The van der Waals surface area contributed by atoms with Crippen LogP contribution in [0.25, 0.3) is 72.4 Å². The van der Waals surface area contributed by atoms with Gasteiger partial charge in [0.1, 0.15) is 22.7 Å². The Morgan fingerprint density at radius 2 is 1.41 bits per heavy atom. The fourth-order valence-electron chi connectivity index (χ4n) is 5.71. The fraction of sp³-hybridized carbons (Fsp3) is 0. The van der Waals surface area contributed by atoms with E-state index in [1.54, 1.807) is 6.07 Å². The van der Waals surface area contributed by atoms with Gasteiger partial charge in [-0.1, -0.05) is 66.7 Å². The number of aromatic nitrogens is 3. The predicted molar refractivity (Wildman–Crippen MR) is 164 cm³/mol. The first-order chi connectivity index (χ1) is 20.3. The van der Waals surface area contributed by atoms with Crippen LogP contribution in [0.3, 0.4) is 0 Å². The van der Waals surface area contributed by atoms with Gasteiger partial charge in [-0.2, -0.15) is 0 Å². The number of para-hydroxylation sites is 4. The van der Waals surface area contributed by atoms with E-state index in [-0.39, 0.29) is 5.75 Å².